The van der Waals surface area contributed by atoms with Crippen LogP contribution in [0.25, 0.3) is 33.4 Å². The molecule has 2 aromatic carbocycles. The van der Waals surface area contributed by atoms with Gasteiger partial charge in [0.25, 0.3) is 0 Å². The molecule has 0 saturated heterocycles. The Morgan fingerprint density at radius 3 is 2.63 bits per heavy atom. The van der Waals surface area contributed by atoms with Crippen molar-refractivity contribution < 1.29 is 9.13 Å². The second-order valence-corrected chi connectivity index (χ2v) is 5.96. The fourth-order valence-electron chi connectivity index (χ4n) is 3.02. The van der Waals surface area contributed by atoms with E-state index < -0.39 is 0 Å². The molecule has 0 radical (unpaired) electrons. The molecule has 27 heavy (non-hydrogen) atoms. The molecule has 134 valence electrons. The molecule has 5 nitrogen and oxygen atoms in total. The average Bonchev–Trinajstić information content (AvgIpc) is 2.73. The van der Waals surface area contributed by atoms with Gasteiger partial charge in [-0.05, 0) is 48.0 Å². The SMILES string of the molecule is CNc1nc(-c2cccnc2)nc2ccc(-c3cc(F)ccc3OC)cc12. The van der Waals surface area contributed by atoms with Crippen LogP contribution in [0.5, 0.6) is 5.75 Å². The molecule has 2 heterocycles. The van der Waals surface area contributed by atoms with Gasteiger partial charge in [0.15, 0.2) is 5.82 Å². The highest BCUT2D eigenvalue weighted by atomic mass is 19.1. The predicted molar refractivity (Wildman–Crippen MR) is 104 cm³/mol. The Labute approximate surface area is 155 Å². The van der Waals surface area contributed by atoms with Crippen LogP contribution in [0, 0.1) is 5.82 Å². The van der Waals surface area contributed by atoms with Crippen LogP contribution in [-0.2, 0) is 0 Å². The lowest BCUT2D eigenvalue weighted by Gasteiger charge is -2.12. The smallest absolute Gasteiger partial charge is 0.163 e. The summed E-state index contributed by atoms with van der Waals surface area (Å²) >= 11 is 0. The van der Waals surface area contributed by atoms with Gasteiger partial charge in [0, 0.05) is 36.0 Å². The van der Waals surface area contributed by atoms with E-state index in [1.54, 1.807) is 25.6 Å². The number of fused-ring (bicyclic) bond motifs is 1. The van der Waals surface area contributed by atoms with E-state index in [0.717, 1.165) is 22.0 Å². The highest BCUT2D eigenvalue weighted by Crippen LogP contribution is 2.34. The molecule has 0 aliphatic heterocycles. The quantitative estimate of drug-likeness (QED) is 0.579. The van der Waals surface area contributed by atoms with Crippen molar-refractivity contribution in [2.45, 2.75) is 0 Å². The Hall–Kier alpha value is -3.54. The molecule has 4 rings (SSSR count). The second kappa shape index (κ2) is 6.99. The van der Waals surface area contributed by atoms with Gasteiger partial charge in [-0.1, -0.05) is 6.07 Å². The average molecular weight is 360 g/mol. The number of methoxy groups -OCH3 is 1. The Kier molecular flexibility index (Phi) is 4.38. The number of nitrogens with zero attached hydrogens (tertiary/aromatic N) is 3. The summed E-state index contributed by atoms with van der Waals surface area (Å²) in [7, 11) is 3.38. The van der Waals surface area contributed by atoms with E-state index in [2.05, 4.69) is 20.3 Å². The van der Waals surface area contributed by atoms with Gasteiger partial charge >= 0.3 is 0 Å². The molecule has 0 fully saturated rings. The molecule has 0 aliphatic carbocycles. The first-order valence-corrected chi connectivity index (χ1v) is 8.43. The Balaban J connectivity index is 1.90. The van der Waals surface area contributed by atoms with Crippen LogP contribution in [-0.4, -0.2) is 29.1 Å². The van der Waals surface area contributed by atoms with Gasteiger partial charge in [0.05, 0.1) is 12.6 Å². The number of hydrogen-bond acceptors (Lipinski definition) is 5. The van der Waals surface area contributed by atoms with Crippen molar-refractivity contribution in [2.24, 2.45) is 0 Å². The summed E-state index contributed by atoms with van der Waals surface area (Å²) in [5.74, 6) is 1.57. The van der Waals surface area contributed by atoms with Crippen LogP contribution in [0.15, 0.2) is 60.9 Å². The van der Waals surface area contributed by atoms with Gasteiger partial charge < -0.3 is 10.1 Å². The number of aromatic nitrogens is 3. The highest BCUT2D eigenvalue weighted by Gasteiger charge is 2.13. The number of anilines is 1. The third kappa shape index (κ3) is 3.17. The van der Waals surface area contributed by atoms with Crippen molar-refractivity contribution in [2.75, 3.05) is 19.5 Å². The van der Waals surface area contributed by atoms with E-state index in [9.17, 15) is 4.39 Å². The summed E-state index contributed by atoms with van der Waals surface area (Å²) in [4.78, 5) is 13.4. The Morgan fingerprint density at radius 2 is 1.89 bits per heavy atom. The molecule has 0 spiro atoms. The predicted octanol–water partition coefficient (Wildman–Crippen LogP) is 4.55. The number of halogens is 1. The number of benzene rings is 2. The zero-order chi connectivity index (χ0) is 18.8. The molecule has 0 atom stereocenters. The summed E-state index contributed by atoms with van der Waals surface area (Å²) < 4.78 is 19.2. The van der Waals surface area contributed by atoms with E-state index in [1.165, 1.54) is 12.1 Å². The normalized spacial score (nSPS) is 10.8. The maximum atomic E-state index is 13.8. The van der Waals surface area contributed by atoms with E-state index in [4.69, 9.17) is 4.74 Å². The standard InChI is InChI=1S/C21H17FN4O/c1-23-21-17-10-13(16-11-15(22)6-8-19(16)27-2)5-7-18(17)25-20(26-21)14-4-3-9-24-12-14/h3-12H,1-2H3,(H,23,25,26). The zero-order valence-electron chi connectivity index (χ0n) is 14.9. The third-order valence-electron chi connectivity index (χ3n) is 4.32. The highest BCUT2D eigenvalue weighted by molar-refractivity contribution is 5.94. The topological polar surface area (TPSA) is 59.9 Å². The summed E-state index contributed by atoms with van der Waals surface area (Å²) in [6.45, 7) is 0. The number of pyridine rings is 1. The van der Waals surface area contributed by atoms with Crippen molar-refractivity contribution in [3.63, 3.8) is 0 Å². The number of rotatable bonds is 4. The Bertz CT molecular complexity index is 1120. The van der Waals surface area contributed by atoms with Crippen LogP contribution in [0.3, 0.4) is 0 Å². The summed E-state index contributed by atoms with van der Waals surface area (Å²) in [5, 5.41) is 3.96. The molecule has 6 heteroatoms. The molecular formula is C21H17FN4O. The zero-order valence-corrected chi connectivity index (χ0v) is 14.9. The monoisotopic (exact) mass is 360 g/mol. The maximum absolute atomic E-state index is 13.8. The minimum atomic E-state index is -0.317. The van der Waals surface area contributed by atoms with Crippen LogP contribution in [0.2, 0.25) is 0 Å². The van der Waals surface area contributed by atoms with Gasteiger partial charge in [-0.3, -0.25) is 4.98 Å². The second-order valence-electron chi connectivity index (χ2n) is 5.96. The lowest BCUT2D eigenvalue weighted by atomic mass is 10.0. The molecule has 2 aromatic heterocycles. The van der Waals surface area contributed by atoms with E-state index in [0.29, 0.717) is 23.0 Å². The molecule has 4 aromatic rings. The van der Waals surface area contributed by atoms with Gasteiger partial charge in [-0.15, -0.1) is 0 Å². The van der Waals surface area contributed by atoms with Crippen LogP contribution < -0.4 is 10.1 Å². The van der Waals surface area contributed by atoms with Crippen molar-refractivity contribution in [3.05, 3.63) is 66.7 Å². The fourth-order valence-corrected chi connectivity index (χ4v) is 3.02. The van der Waals surface area contributed by atoms with Crippen LogP contribution in [0.1, 0.15) is 0 Å². The minimum Gasteiger partial charge on any atom is -0.496 e. The van der Waals surface area contributed by atoms with E-state index in [1.807, 2.05) is 37.4 Å². The lowest BCUT2D eigenvalue weighted by molar-refractivity contribution is 0.415. The van der Waals surface area contributed by atoms with Crippen LogP contribution in [0.4, 0.5) is 10.2 Å². The Morgan fingerprint density at radius 1 is 1.00 bits per heavy atom. The lowest BCUT2D eigenvalue weighted by Crippen LogP contribution is -1.99. The molecule has 0 unspecified atom stereocenters. The molecule has 0 aliphatic rings. The molecule has 1 N–H and O–H groups in total. The van der Waals surface area contributed by atoms with Crippen molar-refractivity contribution in [3.8, 4) is 28.3 Å². The first kappa shape index (κ1) is 16.9. The minimum absolute atomic E-state index is 0.317. The van der Waals surface area contributed by atoms with E-state index in [-0.39, 0.29) is 5.82 Å². The van der Waals surface area contributed by atoms with Gasteiger partial charge in [0.2, 0.25) is 0 Å². The van der Waals surface area contributed by atoms with E-state index >= 15 is 0 Å². The van der Waals surface area contributed by atoms with Gasteiger partial charge in [-0.2, -0.15) is 0 Å². The van der Waals surface area contributed by atoms with Crippen molar-refractivity contribution >= 4 is 16.7 Å². The van der Waals surface area contributed by atoms with Gasteiger partial charge in [0.1, 0.15) is 17.4 Å². The largest absolute Gasteiger partial charge is 0.496 e. The van der Waals surface area contributed by atoms with Crippen molar-refractivity contribution in [1.82, 2.24) is 15.0 Å². The van der Waals surface area contributed by atoms with Crippen LogP contribution >= 0.6 is 0 Å². The molecule has 0 amide bonds. The van der Waals surface area contributed by atoms with Gasteiger partial charge in [-0.25, -0.2) is 14.4 Å². The first-order chi connectivity index (χ1) is 13.2. The summed E-state index contributed by atoms with van der Waals surface area (Å²) in [6, 6.07) is 14.0. The summed E-state index contributed by atoms with van der Waals surface area (Å²) in [5.41, 5.74) is 3.13. The molecule has 0 bridgehead atoms. The number of nitrogens with one attached hydrogen (secondary N) is 1. The number of ether oxygens (including phenoxy) is 1. The maximum Gasteiger partial charge on any atom is 0.163 e. The first-order valence-electron chi connectivity index (χ1n) is 8.43. The fraction of sp³-hybridized carbons (Fsp3) is 0.0952. The number of hydrogen-bond donors (Lipinski definition) is 1. The summed E-state index contributed by atoms with van der Waals surface area (Å²) in [6.07, 6.45) is 3.44. The molecule has 0 saturated carbocycles. The molecular weight excluding hydrogens is 343 g/mol. The third-order valence-corrected chi connectivity index (χ3v) is 4.32. The van der Waals surface area contributed by atoms with Crippen molar-refractivity contribution in [1.29, 1.82) is 0 Å².